The zero-order chi connectivity index (χ0) is 13.8. The molecule has 2 aromatic heterocycles. The summed E-state index contributed by atoms with van der Waals surface area (Å²) < 4.78 is 5.71. The molecule has 2 aromatic rings. The van der Waals surface area contributed by atoms with Gasteiger partial charge in [-0.25, -0.2) is 9.97 Å². The van der Waals surface area contributed by atoms with Gasteiger partial charge in [-0.1, -0.05) is 13.3 Å². The van der Waals surface area contributed by atoms with Crippen LogP contribution < -0.4 is 10.5 Å². The Morgan fingerprint density at radius 3 is 2.63 bits per heavy atom. The number of nitrogens with two attached hydrogens (primary N) is 1. The van der Waals surface area contributed by atoms with Crippen molar-refractivity contribution in [3.05, 3.63) is 22.3 Å². The van der Waals surface area contributed by atoms with E-state index in [2.05, 4.69) is 43.0 Å². The third kappa shape index (κ3) is 2.98. The van der Waals surface area contributed by atoms with Crippen LogP contribution in [0.3, 0.4) is 0 Å². The third-order valence-corrected chi connectivity index (χ3v) is 3.37. The van der Waals surface area contributed by atoms with E-state index in [0.29, 0.717) is 23.2 Å². The summed E-state index contributed by atoms with van der Waals surface area (Å²) in [5.74, 6) is 1.33. The lowest BCUT2D eigenvalue weighted by Gasteiger charge is -2.07. The molecule has 0 aliphatic heterocycles. The van der Waals surface area contributed by atoms with Crippen LogP contribution in [0, 0.1) is 0 Å². The average Bonchev–Trinajstić information content (AvgIpc) is 2.44. The third-order valence-electron chi connectivity index (χ3n) is 2.51. The van der Waals surface area contributed by atoms with E-state index in [1.165, 1.54) is 7.11 Å². The van der Waals surface area contributed by atoms with Crippen LogP contribution in [0.25, 0.3) is 11.5 Å². The molecule has 0 aromatic carbocycles. The zero-order valence-electron chi connectivity index (χ0n) is 10.7. The minimum atomic E-state index is 0.408. The molecule has 0 unspecified atom stereocenters. The first-order chi connectivity index (χ1) is 9.15. The Balaban J connectivity index is 2.43. The van der Waals surface area contributed by atoms with Crippen LogP contribution in [-0.2, 0) is 6.42 Å². The quantitative estimate of drug-likeness (QED) is 0.928. The summed E-state index contributed by atoms with van der Waals surface area (Å²) in [5.41, 5.74) is 7.32. The number of nitrogens with zero attached hydrogens (tertiary/aromatic N) is 4. The molecule has 0 spiro atoms. The molecular weight excluding hydrogens is 310 g/mol. The highest BCUT2D eigenvalue weighted by molar-refractivity contribution is 9.10. The Morgan fingerprint density at radius 2 is 2.05 bits per heavy atom. The van der Waals surface area contributed by atoms with Crippen LogP contribution in [0.2, 0.25) is 0 Å². The molecule has 2 heterocycles. The van der Waals surface area contributed by atoms with Gasteiger partial charge in [-0.15, -0.1) is 10.2 Å². The van der Waals surface area contributed by atoms with Crippen molar-refractivity contribution < 1.29 is 4.74 Å². The molecular formula is C12H14BrN5O. The second kappa shape index (κ2) is 5.92. The summed E-state index contributed by atoms with van der Waals surface area (Å²) >= 11 is 3.40. The minimum absolute atomic E-state index is 0.408. The van der Waals surface area contributed by atoms with Crippen LogP contribution in [0.5, 0.6) is 5.88 Å². The van der Waals surface area contributed by atoms with E-state index in [9.17, 15) is 0 Å². The summed E-state index contributed by atoms with van der Waals surface area (Å²) in [6.07, 6.45) is 1.80. The van der Waals surface area contributed by atoms with Gasteiger partial charge in [0, 0.05) is 6.07 Å². The van der Waals surface area contributed by atoms with Gasteiger partial charge >= 0.3 is 0 Å². The maximum atomic E-state index is 5.87. The number of hydrogen-bond donors (Lipinski definition) is 1. The summed E-state index contributed by atoms with van der Waals surface area (Å²) in [6.45, 7) is 2.08. The highest BCUT2D eigenvalue weighted by Gasteiger charge is 2.12. The largest absolute Gasteiger partial charge is 0.480 e. The number of hydrogen-bond acceptors (Lipinski definition) is 6. The lowest BCUT2D eigenvalue weighted by Crippen LogP contribution is -2.04. The van der Waals surface area contributed by atoms with Crippen molar-refractivity contribution in [2.75, 3.05) is 12.8 Å². The Morgan fingerprint density at radius 1 is 1.26 bits per heavy atom. The fourth-order valence-corrected chi connectivity index (χ4v) is 1.95. The predicted molar refractivity (Wildman–Crippen MR) is 75.7 cm³/mol. The van der Waals surface area contributed by atoms with Gasteiger partial charge in [-0.3, -0.25) is 0 Å². The molecule has 2 rings (SSSR count). The van der Waals surface area contributed by atoms with Gasteiger partial charge in [-0.2, -0.15) is 0 Å². The summed E-state index contributed by atoms with van der Waals surface area (Å²) in [6, 6.07) is 3.47. The molecule has 2 N–H and O–H groups in total. The summed E-state index contributed by atoms with van der Waals surface area (Å²) in [7, 11) is 1.54. The molecule has 0 atom stereocenters. The fraction of sp³-hybridized carbons (Fsp3) is 0.333. The lowest BCUT2D eigenvalue weighted by molar-refractivity contribution is 0.392. The molecule has 0 radical (unpaired) electrons. The maximum absolute atomic E-state index is 5.87. The van der Waals surface area contributed by atoms with E-state index in [1.54, 1.807) is 12.1 Å². The van der Waals surface area contributed by atoms with Crippen molar-refractivity contribution in [3.8, 4) is 17.4 Å². The number of aromatic nitrogens is 4. The van der Waals surface area contributed by atoms with Crippen molar-refractivity contribution in [2.24, 2.45) is 0 Å². The highest BCUT2D eigenvalue weighted by atomic mass is 79.9. The number of ether oxygens (including phenoxy) is 1. The summed E-state index contributed by atoms with van der Waals surface area (Å²) in [4.78, 5) is 8.69. The smallest absolute Gasteiger partial charge is 0.233 e. The number of halogens is 1. The predicted octanol–water partition coefficient (Wildman–Crippen LogP) is 2.24. The number of rotatable bonds is 4. The van der Waals surface area contributed by atoms with Crippen LogP contribution in [0.15, 0.2) is 16.6 Å². The van der Waals surface area contributed by atoms with Crippen molar-refractivity contribution in [3.63, 3.8) is 0 Å². The van der Waals surface area contributed by atoms with Gasteiger partial charge < -0.3 is 10.5 Å². The molecule has 100 valence electrons. The zero-order valence-corrected chi connectivity index (χ0v) is 12.3. The van der Waals surface area contributed by atoms with E-state index < -0.39 is 0 Å². The van der Waals surface area contributed by atoms with Gasteiger partial charge in [0.2, 0.25) is 5.88 Å². The Hall–Kier alpha value is -1.76. The molecule has 0 saturated heterocycles. The van der Waals surface area contributed by atoms with Crippen LogP contribution in [0.4, 0.5) is 5.82 Å². The molecule has 0 saturated carbocycles. The second-order valence-corrected chi connectivity index (χ2v) is 4.70. The number of nitrogen functional groups attached to an aromatic ring is 1. The van der Waals surface area contributed by atoms with Crippen molar-refractivity contribution in [1.82, 2.24) is 20.2 Å². The van der Waals surface area contributed by atoms with Crippen molar-refractivity contribution >= 4 is 21.7 Å². The monoisotopic (exact) mass is 323 g/mol. The normalized spacial score (nSPS) is 10.5. The second-order valence-electron chi connectivity index (χ2n) is 3.90. The first-order valence-electron chi connectivity index (χ1n) is 5.85. The Bertz CT molecular complexity index is 573. The van der Waals surface area contributed by atoms with E-state index >= 15 is 0 Å². The van der Waals surface area contributed by atoms with E-state index in [1.807, 2.05) is 0 Å². The van der Waals surface area contributed by atoms with E-state index in [-0.39, 0.29) is 0 Å². The molecule has 6 nitrogen and oxygen atoms in total. The molecule has 7 heteroatoms. The van der Waals surface area contributed by atoms with Gasteiger partial charge in [0.15, 0.2) is 5.82 Å². The SMILES string of the molecule is CCCc1nc(-c2ccc(OC)nn2)nc(N)c1Br. The minimum Gasteiger partial charge on any atom is -0.480 e. The first-order valence-corrected chi connectivity index (χ1v) is 6.65. The van der Waals surface area contributed by atoms with Gasteiger partial charge in [0.05, 0.1) is 17.3 Å². The number of aryl methyl sites for hydroxylation is 1. The van der Waals surface area contributed by atoms with Gasteiger partial charge in [-0.05, 0) is 28.4 Å². The number of anilines is 1. The topological polar surface area (TPSA) is 86.8 Å². The molecule has 0 aliphatic carbocycles. The van der Waals surface area contributed by atoms with Crippen molar-refractivity contribution in [1.29, 1.82) is 0 Å². The summed E-state index contributed by atoms with van der Waals surface area (Å²) in [5, 5.41) is 7.92. The molecule has 0 bridgehead atoms. The fourth-order valence-electron chi connectivity index (χ4n) is 1.58. The molecule has 19 heavy (non-hydrogen) atoms. The van der Waals surface area contributed by atoms with E-state index in [4.69, 9.17) is 10.5 Å². The van der Waals surface area contributed by atoms with Gasteiger partial charge in [0.25, 0.3) is 0 Å². The van der Waals surface area contributed by atoms with Crippen molar-refractivity contribution in [2.45, 2.75) is 19.8 Å². The lowest BCUT2D eigenvalue weighted by atomic mass is 10.2. The van der Waals surface area contributed by atoms with E-state index in [0.717, 1.165) is 23.0 Å². The van der Waals surface area contributed by atoms with Crippen LogP contribution in [-0.4, -0.2) is 27.3 Å². The van der Waals surface area contributed by atoms with Crippen LogP contribution in [0.1, 0.15) is 19.0 Å². The molecule has 0 aliphatic rings. The highest BCUT2D eigenvalue weighted by Crippen LogP contribution is 2.25. The van der Waals surface area contributed by atoms with Crippen LogP contribution >= 0.6 is 15.9 Å². The molecule has 0 amide bonds. The Labute approximate surface area is 119 Å². The molecule has 0 fully saturated rings. The standard InChI is InChI=1S/C12H14BrN5O/c1-3-4-7-10(13)11(14)16-12(15-7)8-5-6-9(19-2)18-17-8/h5-6H,3-4H2,1-2H3,(H2,14,15,16). The average molecular weight is 324 g/mol. The first kappa shape index (κ1) is 13.7. The number of methoxy groups -OCH3 is 1. The maximum Gasteiger partial charge on any atom is 0.233 e. The Kier molecular flexibility index (Phi) is 4.26. The van der Waals surface area contributed by atoms with Gasteiger partial charge in [0.1, 0.15) is 11.5 Å².